The molecule has 0 radical (unpaired) electrons. The van der Waals surface area contributed by atoms with Gasteiger partial charge in [0.25, 0.3) is 0 Å². The third-order valence-electron chi connectivity index (χ3n) is 3.00. The summed E-state index contributed by atoms with van der Waals surface area (Å²) in [5, 5.41) is 2.35. The molecule has 0 spiro atoms. The van der Waals surface area contributed by atoms with E-state index in [1.165, 1.54) is 6.42 Å². The van der Waals surface area contributed by atoms with Gasteiger partial charge in [0.15, 0.2) is 6.29 Å². The van der Waals surface area contributed by atoms with Gasteiger partial charge in [-0.1, -0.05) is 25.5 Å². The van der Waals surface area contributed by atoms with Gasteiger partial charge in [-0.05, 0) is 30.8 Å². The zero-order valence-corrected chi connectivity index (χ0v) is 11.3. The van der Waals surface area contributed by atoms with Crippen molar-refractivity contribution >= 4 is 23.1 Å². The standard InChI is InChI=1S/C14H17NO2S/c1-2-3-11-8-16-14(17-9-11)12-4-6-13(7-5-12)15-10-18/h4-7,11,14H,2-3,8-9H2,1H3/t11-,14-. The number of aliphatic imine (C=N–C) groups is 1. The van der Waals surface area contributed by atoms with Crippen molar-refractivity contribution in [2.45, 2.75) is 26.1 Å². The largest absolute Gasteiger partial charge is 0.348 e. The van der Waals surface area contributed by atoms with Gasteiger partial charge in [-0.25, -0.2) is 0 Å². The predicted molar refractivity (Wildman–Crippen MR) is 74.2 cm³/mol. The Bertz CT molecular complexity index is 418. The van der Waals surface area contributed by atoms with Gasteiger partial charge in [-0.3, -0.25) is 0 Å². The fraction of sp³-hybridized carbons (Fsp3) is 0.500. The van der Waals surface area contributed by atoms with Crippen LogP contribution in [0.5, 0.6) is 0 Å². The molecular weight excluding hydrogens is 246 g/mol. The average Bonchev–Trinajstić information content (AvgIpc) is 2.41. The van der Waals surface area contributed by atoms with Gasteiger partial charge in [-0.15, -0.1) is 0 Å². The SMILES string of the molecule is CCC[C@H]1CO[C@H](c2ccc(N=C=S)cc2)OC1. The Labute approximate surface area is 113 Å². The number of hydrogen-bond acceptors (Lipinski definition) is 4. The Balaban J connectivity index is 1.94. The van der Waals surface area contributed by atoms with Crippen molar-refractivity contribution in [1.82, 2.24) is 0 Å². The molecule has 1 aliphatic heterocycles. The molecule has 2 rings (SSSR count). The molecular formula is C14H17NO2S. The Morgan fingerprint density at radius 1 is 1.28 bits per heavy atom. The minimum absolute atomic E-state index is 0.247. The molecule has 0 bridgehead atoms. The Hall–Kier alpha value is -1.06. The highest BCUT2D eigenvalue weighted by molar-refractivity contribution is 7.78. The van der Waals surface area contributed by atoms with Crippen molar-refractivity contribution in [1.29, 1.82) is 0 Å². The zero-order valence-electron chi connectivity index (χ0n) is 10.5. The number of nitrogens with zero attached hydrogens (tertiary/aromatic N) is 1. The van der Waals surface area contributed by atoms with Crippen LogP contribution in [0, 0.1) is 5.92 Å². The molecule has 0 saturated carbocycles. The highest BCUT2D eigenvalue weighted by atomic mass is 32.1. The Morgan fingerprint density at radius 2 is 1.94 bits per heavy atom. The van der Waals surface area contributed by atoms with E-state index >= 15 is 0 Å². The summed E-state index contributed by atoms with van der Waals surface area (Å²) >= 11 is 4.56. The summed E-state index contributed by atoms with van der Waals surface area (Å²) in [5.41, 5.74) is 1.82. The number of isothiocyanates is 1. The van der Waals surface area contributed by atoms with Gasteiger partial charge >= 0.3 is 0 Å². The first-order valence-electron chi connectivity index (χ1n) is 6.24. The number of ether oxygens (including phenoxy) is 2. The molecule has 1 saturated heterocycles. The van der Waals surface area contributed by atoms with Gasteiger partial charge in [-0.2, -0.15) is 4.99 Å². The zero-order chi connectivity index (χ0) is 12.8. The van der Waals surface area contributed by atoms with Crippen LogP contribution in [0.4, 0.5) is 5.69 Å². The molecule has 1 aromatic rings. The van der Waals surface area contributed by atoms with Crippen LogP contribution in [-0.2, 0) is 9.47 Å². The number of hydrogen-bond donors (Lipinski definition) is 0. The topological polar surface area (TPSA) is 30.8 Å². The molecule has 3 nitrogen and oxygen atoms in total. The monoisotopic (exact) mass is 263 g/mol. The summed E-state index contributed by atoms with van der Waals surface area (Å²) in [6.07, 6.45) is 2.09. The van der Waals surface area contributed by atoms with E-state index in [2.05, 4.69) is 29.3 Å². The van der Waals surface area contributed by atoms with Crippen LogP contribution in [-0.4, -0.2) is 18.4 Å². The van der Waals surface area contributed by atoms with Gasteiger partial charge in [0, 0.05) is 11.5 Å². The van der Waals surface area contributed by atoms with Gasteiger partial charge in [0.1, 0.15) is 0 Å². The van der Waals surface area contributed by atoms with Crippen molar-refractivity contribution in [3.63, 3.8) is 0 Å². The molecule has 1 aliphatic rings. The molecule has 0 amide bonds. The van der Waals surface area contributed by atoms with E-state index < -0.39 is 0 Å². The van der Waals surface area contributed by atoms with Crippen molar-refractivity contribution in [3.05, 3.63) is 29.8 Å². The minimum atomic E-state index is -0.247. The van der Waals surface area contributed by atoms with Crippen LogP contribution < -0.4 is 0 Å². The Kier molecular flexibility index (Phi) is 5.02. The van der Waals surface area contributed by atoms with E-state index in [0.29, 0.717) is 5.92 Å². The van der Waals surface area contributed by atoms with Crippen LogP contribution in [0.2, 0.25) is 0 Å². The first-order valence-corrected chi connectivity index (χ1v) is 6.65. The molecule has 1 fully saturated rings. The van der Waals surface area contributed by atoms with Crippen LogP contribution >= 0.6 is 12.2 Å². The molecule has 0 aromatic heterocycles. The quantitative estimate of drug-likeness (QED) is 0.610. The van der Waals surface area contributed by atoms with Crippen molar-refractivity contribution < 1.29 is 9.47 Å². The van der Waals surface area contributed by atoms with E-state index in [-0.39, 0.29) is 6.29 Å². The highest BCUT2D eigenvalue weighted by Gasteiger charge is 2.22. The average molecular weight is 263 g/mol. The van der Waals surface area contributed by atoms with E-state index in [1.54, 1.807) is 0 Å². The Morgan fingerprint density at radius 3 is 2.50 bits per heavy atom. The van der Waals surface area contributed by atoms with E-state index in [1.807, 2.05) is 24.3 Å². The third-order valence-corrected chi connectivity index (χ3v) is 3.09. The van der Waals surface area contributed by atoms with E-state index in [0.717, 1.165) is 30.9 Å². The van der Waals surface area contributed by atoms with Crippen molar-refractivity contribution in [2.75, 3.05) is 13.2 Å². The lowest BCUT2D eigenvalue weighted by Gasteiger charge is -2.29. The summed E-state index contributed by atoms with van der Waals surface area (Å²) < 4.78 is 11.5. The lowest BCUT2D eigenvalue weighted by Crippen LogP contribution is -2.26. The second kappa shape index (κ2) is 6.76. The van der Waals surface area contributed by atoms with Crippen molar-refractivity contribution in [3.8, 4) is 0 Å². The first kappa shape index (κ1) is 13.4. The van der Waals surface area contributed by atoms with Crippen LogP contribution in [0.15, 0.2) is 29.3 Å². The molecule has 96 valence electrons. The summed E-state index contributed by atoms with van der Waals surface area (Å²) in [5.74, 6) is 0.532. The number of benzene rings is 1. The molecule has 0 unspecified atom stereocenters. The molecule has 0 atom stereocenters. The molecule has 0 N–H and O–H groups in total. The lowest BCUT2D eigenvalue weighted by atomic mass is 10.1. The van der Waals surface area contributed by atoms with Gasteiger partial charge in [0.05, 0.1) is 24.1 Å². The maximum Gasteiger partial charge on any atom is 0.183 e. The normalized spacial score (nSPS) is 23.4. The first-order chi connectivity index (χ1) is 8.83. The molecule has 0 aliphatic carbocycles. The molecule has 1 aromatic carbocycles. The van der Waals surface area contributed by atoms with Crippen LogP contribution in [0.1, 0.15) is 31.6 Å². The summed E-state index contributed by atoms with van der Waals surface area (Å²) in [7, 11) is 0. The van der Waals surface area contributed by atoms with Crippen molar-refractivity contribution in [2.24, 2.45) is 10.9 Å². The smallest absolute Gasteiger partial charge is 0.183 e. The van der Waals surface area contributed by atoms with E-state index in [4.69, 9.17) is 9.47 Å². The van der Waals surface area contributed by atoms with E-state index in [9.17, 15) is 0 Å². The number of thiocarbonyl (C=S) groups is 1. The van der Waals surface area contributed by atoms with Gasteiger partial charge in [0.2, 0.25) is 0 Å². The molecule has 18 heavy (non-hydrogen) atoms. The fourth-order valence-electron chi connectivity index (χ4n) is 2.07. The number of rotatable bonds is 4. The fourth-order valence-corrected chi connectivity index (χ4v) is 2.17. The summed E-state index contributed by atoms with van der Waals surface area (Å²) in [6.45, 7) is 3.73. The minimum Gasteiger partial charge on any atom is -0.348 e. The maximum absolute atomic E-state index is 5.74. The lowest BCUT2D eigenvalue weighted by molar-refractivity contribution is -0.206. The predicted octanol–water partition coefficient (Wildman–Crippen LogP) is 3.88. The second-order valence-electron chi connectivity index (χ2n) is 4.45. The highest BCUT2D eigenvalue weighted by Crippen LogP contribution is 2.27. The third kappa shape index (κ3) is 3.47. The summed E-state index contributed by atoms with van der Waals surface area (Å²) in [4.78, 5) is 3.91. The van der Waals surface area contributed by atoms with Crippen LogP contribution in [0.3, 0.4) is 0 Å². The van der Waals surface area contributed by atoms with Gasteiger partial charge < -0.3 is 9.47 Å². The summed E-state index contributed by atoms with van der Waals surface area (Å²) in [6, 6.07) is 7.69. The molecule has 4 heteroatoms. The second-order valence-corrected chi connectivity index (χ2v) is 4.63. The molecule has 1 heterocycles. The maximum atomic E-state index is 5.74. The van der Waals surface area contributed by atoms with Crippen LogP contribution in [0.25, 0.3) is 0 Å².